The lowest BCUT2D eigenvalue weighted by molar-refractivity contribution is 0.239. The van der Waals surface area contributed by atoms with Crippen LogP contribution < -0.4 is 14.8 Å². The molecule has 0 amide bonds. The van der Waals surface area contributed by atoms with Crippen molar-refractivity contribution in [3.8, 4) is 23.0 Å². The first-order valence-corrected chi connectivity index (χ1v) is 17.7. The molecule has 0 saturated carbocycles. The van der Waals surface area contributed by atoms with Gasteiger partial charge in [-0.15, -0.1) is 0 Å². The van der Waals surface area contributed by atoms with E-state index in [1.54, 1.807) is 18.2 Å². The zero-order valence-electron chi connectivity index (χ0n) is 25.5. The average molecular weight is 684 g/mol. The van der Waals surface area contributed by atoms with Gasteiger partial charge in [-0.2, -0.15) is 8.42 Å². The second-order valence-electron chi connectivity index (χ2n) is 11.9. The molecular weight excluding hydrogens is 647 g/mol. The van der Waals surface area contributed by atoms with Gasteiger partial charge in [0.05, 0.1) is 19.6 Å². The zero-order valence-corrected chi connectivity index (χ0v) is 27.9. The number of likely N-dealkylation sites (N-methyl/N-ethyl adjacent to an activating group) is 1. The van der Waals surface area contributed by atoms with Crippen molar-refractivity contribution in [3.63, 3.8) is 0 Å². The maximum atomic E-state index is 11.6. The summed E-state index contributed by atoms with van der Waals surface area (Å²) in [6.45, 7) is 2.28. The molecule has 1 saturated heterocycles. The van der Waals surface area contributed by atoms with E-state index in [0.717, 1.165) is 47.0 Å². The lowest BCUT2D eigenvalue weighted by Gasteiger charge is -2.26. The molecule has 7 rings (SSSR count). The fraction of sp³-hybridized carbons (Fsp3) is 0.314. The molecule has 0 radical (unpaired) electrons. The number of rotatable bonds is 6. The quantitative estimate of drug-likeness (QED) is 0.164. The number of aliphatic hydroxyl groups excluding tert-OH is 1. The van der Waals surface area contributed by atoms with Gasteiger partial charge < -0.3 is 19.5 Å². The minimum absolute atomic E-state index is 0.0388. The summed E-state index contributed by atoms with van der Waals surface area (Å²) in [4.78, 5) is 2.39. The highest BCUT2D eigenvalue weighted by Gasteiger charge is 2.38. The van der Waals surface area contributed by atoms with Gasteiger partial charge in [0.1, 0.15) is 23.0 Å². The third-order valence-corrected chi connectivity index (χ3v) is 9.78. The number of benzene rings is 4. The van der Waals surface area contributed by atoms with E-state index in [9.17, 15) is 13.5 Å². The van der Waals surface area contributed by atoms with Crippen molar-refractivity contribution in [2.45, 2.75) is 23.7 Å². The normalized spacial score (nSPS) is 21.4. The summed E-state index contributed by atoms with van der Waals surface area (Å²) in [5.41, 5.74) is 4.22. The fourth-order valence-corrected chi connectivity index (χ4v) is 7.49. The number of aliphatic hydroxyl groups is 1. The fourth-order valence-electron chi connectivity index (χ4n) is 6.74. The number of nitrogens with zero attached hydrogens (tertiary/aromatic N) is 1. The number of fused-ring (bicyclic) bond motifs is 7. The van der Waals surface area contributed by atoms with Crippen molar-refractivity contribution in [2.75, 3.05) is 46.3 Å². The van der Waals surface area contributed by atoms with Crippen LogP contribution in [0.1, 0.15) is 45.9 Å². The molecule has 3 aliphatic heterocycles. The van der Waals surface area contributed by atoms with Gasteiger partial charge in [0, 0.05) is 70.0 Å². The standard InChI is InChI=1S/C18H20ClNO5S.C17H16ClNO/c1-26(22,23)24-10-16-13-4-2-3-5-17(13)25-18-7-6-12(19)8-14(18)15(16)9-20-11-21;1-19-9-14-12-4-2-3-5-16(12)20-17-7-6-11(18)8-13(17)15(14)10-19/h2-8,15-16,20-21H,9-11H2,1H3;2-8,14-15H,9-10H2,1H3/t15-,16-;14-,15-/m00/s1. The van der Waals surface area contributed by atoms with E-state index >= 15 is 0 Å². The topological polar surface area (TPSA) is 97.3 Å². The summed E-state index contributed by atoms with van der Waals surface area (Å²) >= 11 is 12.4. The molecule has 4 atom stereocenters. The molecule has 3 aliphatic rings. The molecule has 0 aromatic heterocycles. The van der Waals surface area contributed by atoms with Crippen molar-refractivity contribution in [1.29, 1.82) is 0 Å². The molecule has 4 aromatic rings. The maximum Gasteiger partial charge on any atom is 0.264 e. The van der Waals surface area contributed by atoms with Crippen LogP contribution in [0.3, 0.4) is 0 Å². The number of hydrogen-bond acceptors (Lipinski definition) is 8. The highest BCUT2D eigenvalue weighted by atomic mass is 35.5. The van der Waals surface area contributed by atoms with Crippen LogP contribution in [0.5, 0.6) is 23.0 Å². The molecule has 11 heteroatoms. The minimum atomic E-state index is -3.60. The smallest absolute Gasteiger partial charge is 0.264 e. The lowest BCUT2D eigenvalue weighted by atomic mass is 9.82. The lowest BCUT2D eigenvalue weighted by Crippen LogP contribution is -2.28. The molecule has 46 heavy (non-hydrogen) atoms. The highest BCUT2D eigenvalue weighted by molar-refractivity contribution is 7.85. The van der Waals surface area contributed by atoms with Gasteiger partial charge in [-0.3, -0.25) is 9.50 Å². The predicted octanol–water partition coefficient (Wildman–Crippen LogP) is 7.09. The second-order valence-corrected chi connectivity index (χ2v) is 14.4. The Morgan fingerprint density at radius 3 is 1.93 bits per heavy atom. The van der Waals surface area contributed by atoms with Crippen LogP contribution in [-0.4, -0.2) is 64.7 Å². The van der Waals surface area contributed by atoms with E-state index in [-0.39, 0.29) is 25.2 Å². The van der Waals surface area contributed by atoms with E-state index in [1.807, 2.05) is 42.5 Å². The highest BCUT2D eigenvalue weighted by Crippen LogP contribution is 2.50. The van der Waals surface area contributed by atoms with Crippen LogP contribution in [-0.2, 0) is 14.3 Å². The van der Waals surface area contributed by atoms with Gasteiger partial charge in [-0.05, 0) is 61.1 Å². The number of nitrogens with one attached hydrogen (secondary N) is 1. The largest absolute Gasteiger partial charge is 0.457 e. The van der Waals surface area contributed by atoms with Gasteiger partial charge in [0.15, 0.2) is 0 Å². The Morgan fingerprint density at radius 2 is 1.30 bits per heavy atom. The van der Waals surface area contributed by atoms with Crippen molar-refractivity contribution >= 4 is 33.3 Å². The molecule has 8 nitrogen and oxygen atoms in total. The van der Waals surface area contributed by atoms with Crippen LogP contribution in [0.4, 0.5) is 0 Å². The van der Waals surface area contributed by atoms with E-state index in [2.05, 4.69) is 41.5 Å². The summed E-state index contributed by atoms with van der Waals surface area (Å²) in [6, 6.07) is 27.2. The average Bonchev–Trinajstić information content (AvgIpc) is 3.30. The van der Waals surface area contributed by atoms with Crippen LogP contribution in [0, 0.1) is 0 Å². The SMILES string of the molecule is CN1C[C@H]2c3ccccc3Oc3ccc(Cl)cc3[C@@H]2C1.CS(=O)(=O)OC[C@H]1c2ccccc2Oc2ccc(Cl)cc2[C@@H]1CNCO. The maximum absolute atomic E-state index is 11.6. The Bertz CT molecular complexity index is 1820. The van der Waals surface area contributed by atoms with Gasteiger partial charge in [0.25, 0.3) is 10.1 Å². The van der Waals surface area contributed by atoms with E-state index in [0.29, 0.717) is 34.9 Å². The molecule has 2 N–H and O–H groups in total. The molecule has 0 bridgehead atoms. The summed E-state index contributed by atoms with van der Waals surface area (Å²) in [5.74, 6) is 3.65. The monoisotopic (exact) mass is 682 g/mol. The van der Waals surface area contributed by atoms with Gasteiger partial charge in [0.2, 0.25) is 0 Å². The van der Waals surface area contributed by atoms with E-state index < -0.39 is 10.1 Å². The molecule has 3 heterocycles. The first-order valence-electron chi connectivity index (χ1n) is 15.1. The Kier molecular flexibility index (Phi) is 9.91. The van der Waals surface area contributed by atoms with Crippen LogP contribution in [0.25, 0.3) is 0 Å². The van der Waals surface area contributed by atoms with Crippen LogP contribution in [0.15, 0.2) is 84.9 Å². The van der Waals surface area contributed by atoms with Gasteiger partial charge in [-0.1, -0.05) is 59.6 Å². The summed E-state index contributed by atoms with van der Waals surface area (Å²) in [7, 11) is -1.42. The molecule has 1 fully saturated rings. The molecular formula is C35H36Cl2N2O6S. The predicted molar refractivity (Wildman–Crippen MR) is 180 cm³/mol. The summed E-state index contributed by atoms with van der Waals surface area (Å²) in [5, 5.41) is 13.5. The van der Waals surface area contributed by atoms with Crippen LogP contribution in [0.2, 0.25) is 10.0 Å². The Labute approximate surface area is 279 Å². The number of para-hydroxylation sites is 2. The third-order valence-electron chi connectivity index (χ3n) is 8.75. The number of likely N-dealkylation sites (tertiary alicyclic amines) is 1. The first-order chi connectivity index (χ1) is 22.1. The minimum Gasteiger partial charge on any atom is -0.457 e. The molecule has 242 valence electrons. The molecule has 4 aromatic carbocycles. The Morgan fingerprint density at radius 1 is 0.783 bits per heavy atom. The third kappa shape index (κ3) is 7.21. The van der Waals surface area contributed by atoms with Crippen molar-refractivity contribution in [1.82, 2.24) is 10.2 Å². The number of halogens is 2. The van der Waals surface area contributed by atoms with E-state index in [4.69, 9.17) is 36.9 Å². The Hall–Kier alpha value is -3.15. The summed E-state index contributed by atoms with van der Waals surface area (Å²) in [6.07, 6.45) is 1.03. The van der Waals surface area contributed by atoms with Crippen molar-refractivity contribution in [2.24, 2.45) is 0 Å². The van der Waals surface area contributed by atoms with Gasteiger partial charge in [-0.25, -0.2) is 0 Å². The second kappa shape index (κ2) is 13.9. The van der Waals surface area contributed by atoms with E-state index in [1.165, 1.54) is 11.1 Å². The number of hydrogen-bond donors (Lipinski definition) is 2. The van der Waals surface area contributed by atoms with Crippen LogP contribution >= 0.6 is 23.2 Å². The van der Waals surface area contributed by atoms with Gasteiger partial charge >= 0.3 is 0 Å². The first kappa shape index (κ1) is 32.8. The molecule has 0 unspecified atom stereocenters. The molecule has 0 spiro atoms. The zero-order chi connectivity index (χ0) is 32.4. The van der Waals surface area contributed by atoms with Crippen molar-refractivity contribution < 1.29 is 27.2 Å². The summed E-state index contributed by atoms with van der Waals surface area (Å²) < 4.78 is 40.5. The number of ether oxygens (including phenoxy) is 2. The Balaban J connectivity index is 0.000000166. The molecule has 0 aliphatic carbocycles. The van der Waals surface area contributed by atoms with Crippen molar-refractivity contribution in [3.05, 3.63) is 117 Å².